The topological polar surface area (TPSA) is 25.2 Å². The van der Waals surface area contributed by atoms with E-state index in [9.17, 15) is 0 Å². The van der Waals surface area contributed by atoms with E-state index < -0.39 is 0 Å². The van der Waals surface area contributed by atoms with Gasteiger partial charge in [0.15, 0.2) is 0 Å². The van der Waals surface area contributed by atoms with Gasteiger partial charge in [-0.3, -0.25) is 0 Å². The van der Waals surface area contributed by atoms with Crippen LogP contribution in [0.1, 0.15) is 65.0 Å². The van der Waals surface area contributed by atoms with Crippen LogP contribution in [0.4, 0.5) is 0 Å². The van der Waals surface area contributed by atoms with Crippen LogP contribution in [-0.2, 0) is 0 Å². The van der Waals surface area contributed by atoms with E-state index >= 15 is 0 Å². The summed E-state index contributed by atoms with van der Waals surface area (Å²) in [6, 6.07) is 2.40. The van der Waals surface area contributed by atoms with Crippen LogP contribution in [0.15, 0.2) is 23.0 Å². The molecule has 1 rings (SSSR count). The lowest BCUT2D eigenvalue weighted by Gasteiger charge is -2.27. The minimum Gasteiger partial charge on any atom is -0.472 e. The number of furan rings is 1. The second-order valence-corrected chi connectivity index (χ2v) is 5.78. The molecule has 1 aromatic heterocycles. The molecule has 1 atom stereocenters. The second kappa shape index (κ2) is 6.85. The van der Waals surface area contributed by atoms with Crippen molar-refractivity contribution in [1.82, 2.24) is 5.32 Å². The number of hydrogen-bond donors (Lipinski definition) is 1. The zero-order valence-corrected chi connectivity index (χ0v) is 11.8. The highest BCUT2D eigenvalue weighted by Gasteiger charge is 2.18. The van der Waals surface area contributed by atoms with Crippen LogP contribution < -0.4 is 5.32 Å². The highest BCUT2D eigenvalue weighted by molar-refractivity contribution is 5.10. The van der Waals surface area contributed by atoms with Gasteiger partial charge >= 0.3 is 0 Å². The van der Waals surface area contributed by atoms with Crippen molar-refractivity contribution >= 4 is 0 Å². The predicted molar refractivity (Wildman–Crippen MR) is 73.0 cm³/mol. The van der Waals surface area contributed by atoms with E-state index in [2.05, 4.69) is 33.0 Å². The molecular weight excluding hydrogens is 210 g/mol. The third-order valence-corrected chi connectivity index (χ3v) is 3.39. The molecule has 0 aromatic carbocycles. The van der Waals surface area contributed by atoms with Crippen molar-refractivity contribution in [2.24, 2.45) is 5.41 Å². The van der Waals surface area contributed by atoms with Crippen molar-refractivity contribution in [3.8, 4) is 0 Å². The fourth-order valence-corrected chi connectivity index (χ4v) is 2.01. The molecule has 0 amide bonds. The Morgan fingerprint density at radius 3 is 2.71 bits per heavy atom. The molecule has 2 nitrogen and oxygen atoms in total. The molecule has 0 spiro atoms. The van der Waals surface area contributed by atoms with E-state index in [1.165, 1.54) is 31.2 Å². The molecule has 0 saturated heterocycles. The molecule has 17 heavy (non-hydrogen) atoms. The van der Waals surface area contributed by atoms with Gasteiger partial charge in [-0.05, 0) is 24.8 Å². The Morgan fingerprint density at radius 1 is 1.35 bits per heavy atom. The van der Waals surface area contributed by atoms with Gasteiger partial charge in [-0.2, -0.15) is 0 Å². The van der Waals surface area contributed by atoms with Crippen molar-refractivity contribution in [3.63, 3.8) is 0 Å². The number of unbranched alkanes of at least 4 members (excludes halogenated alkanes) is 2. The minimum atomic E-state index is 0.374. The summed E-state index contributed by atoms with van der Waals surface area (Å²) < 4.78 is 5.11. The van der Waals surface area contributed by atoms with Gasteiger partial charge in [-0.25, -0.2) is 0 Å². The first-order chi connectivity index (χ1) is 8.05. The van der Waals surface area contributed by atoms with E-state index in [1.54, 1.807) is 6.26 Å². The molecule has 98 valence electrons. The Hall–Kier alpha value is -0.760. The summed E-state index contributed by atoms with van der Waals surface area (Å²) in [5, 5.41) is 3.59. The Morgan fingerprint density at radius 2 is 2.12 bits per heavy atom. The van der Waals surface area contributed by atoms with Gasteiger partial charge in [0.2, 0.25) is 0 Å². The van der Waals surface area contributed by atoms with Crippen LogP contribution in [0.25, 0.3) is 0 Å². The Kier molecular flexibility index (Phi) is 5.76. The summed E-state index contributed by atoms with van der Waals surface area (Å²) in [6.07, 6.45) is 8.84. The van der Waals surface area contributed by atoms with Gasteiger partial charge in [-0.1, -0.05) is 40.0 Å². The Labute approximate surface area is 106 Å². The van der Waals surface area contributed by atoms with Crippen LogP contribution in [0.5, 0.6) is 0 Å². The van der Waals surface area contributed by atoms with E-state index in [0.717, 1.165) is 6.54 Å². The quantitative estimate of drug-likeness (QED) is 0.672. The number of hydrogen-bond acceptors (Lipinski definition) is 2. The maximum atomic E-state index is 5.11. The van der Waals surface area contributed by atoms with Crippen LogP contribution in [0.3, 0.4) is 0 Å². The molecule has 0 saturated carbocycles. The lowest BCUT2D eigenvalue weighted by atomic mass is 9.86. The van der Waals surface area contributed by atoms with Crippen LogP contribution in [0, 0.1) is 5.41 Å². The maximum Gasteiger partial charge on any atom is 0.0950 e. The van der Waals surface area contributed by atoms with Gasteiger partial charge in [0.1, 0.15) is 0 Å². The molecule has 0 radical (unpaired) electrons. The van der Waals surface area contributed by atoms with E-state index in [-0.39, 0.29) is 0 Å². The van der Waals surface area contributed by atoms with Crippen LogP contribution in [0.2, 0.25) is 0 Å². The van der Waals surface area contributed by atoms with Crippen molar-refractivity contribution in [1.29, 1.82) is 0 Å². The fraction of sp³-hybridized carbons (Fsp3) is 0.733. The van der Waals surface area contributed by atoms with Gasteiger partial charge in [0.05, 0.1) is 12.5 Å². The lowest BCUT2D eigenvalue weighted by Crippen LogP contribution is -2.31. The van der Waals surface area contributed by atoms with Gasteiger partial charge in [0, 0.05) is 18.2 Å². The van der Waals surface area contributed by atoms with Crippen LogP contribution in [-0.4, -0.2) is 6.54 Å². The third kappa shape index (κ3) is 5.40. The molecule has 0 aliphatic rings. The normalized spacial score (nSPS) is 13.9. The summed E-state index contributed by atoms with van der Waals surface area (Å²) in [5.74, 6) is 0. The molecule has 1 N–H and O–H groups in total. The Balaban J connectivity index is 2.28. The first-order valence-electron chi connectivity index (χ1n) is 6.80. The largest absolute Gasteiger partial charge is 0.472 e. The van der Waals surface area contributed by atoms with Crippen molar-refractivity contribution in [2.75, 3.05) is 6.54 Å². The summed E-state index contributed by atoms with van der Waals surface area (Å²) in [6.45, 7) is 10.2. The highest BCUT2D eigenvalue weighted by atomic mass is 16.3. The number of nitrogens with one attached hydrogen (secondary N) is 1. The molecule has 0 fully saturated rings. The molecule has 1 heterocycles. The summed E-state index contributed by atoms with van der Waals surface area (Å²) in [4.78, 5) is 0. The van der Waals surface area contributed by atoms with E-state index in [0.29, 0.717) is 11.5 Å². The fourth-order valence-electron chi connectivity index (χ4n) is 2.01. The lowest BCUT2D eigenvalue weighted by molar-refractivity contribution is 0.290. The summed E-state index contributed by atoms with van der Waals surface area (Å²) >= 11 is 0. The van der Waals surface area contributed by atoms with Gasteiger partial charge in [-0.15, -0.1) is 0 Å². The molecule has 0 aliphatic heterocycles. The highest BCUT2D eigenvalue weighted by Crippen LogP contribution is 2.24. The Bertz CT molecular complexity index is 290. The molecular formula is C15H27NO. The first-order valence-corrected chi connectivity index (χ1v) is 6.80. The first kappa shape index (κ1) is 14.3. The molecule has 1 unspecified atom stereocenters. The van der Waals surface area contributed by atoms with Crippen molar-refractivity contribution in [3.05, 3.63) is 24.2 Å². The predicted octanol–water partition coefficient (Wildman–Crippen LogP) is 4.54. The molecule has 2 heteroatoms. The van der Waals surface area contributed by atoms with Gasteiger partial charge in [0.25, 0.3) is 0 Å². The molecule has 1 aromatic rings. The maximum absolute atomic E-state index is 5.11. The van der Waals surface area contributed by atoms with Crippen molar-refractivity contribution < 1.29 is 4.42 Å². The summed E-state index contributed by atoms with van der Waals surface area (Å²) in [7, 11) is 0. The van der Waals surface area contributed by atoms with Crippen molar-refractivity contribution in [2.45, 2.75) is 59.4 Å². The second-order valence-electron chi connectivity index (χ2n) is 5.78. The average Bonchev–Trinajstić information content (AvgIpc) is 2.80. The molecule has 0 bridgehead atoms. The monoisotopic (exact) mass is 237 g/mol. The van der Waals surface area contributed by atoms with E-state index in [4.69, 9.17) is 4.42 Å². The zero-order chi connectivity index (χ0) is 12.7. The third-order valence-electron chi connectivity index (χ3n) is 3.39. The SMILES string of the molecule is CCCCCC(C)(C)CNC(C)c1ccoc1. The average molecular weight is 237 g/mol. The summed E-state index contributed by atoms with van der Waals surface area (Å²) in [5.41, 5.74) is 1.61. The smallest absolute Gasteiger partial charge is 0.0950 e. The van der Waals surface area contributed by atoms with Gasteiger partial charge < -0.3 is 9.73 Å². The standard InChI is InChI=1S/C15H27NO/c1-5-6-7-9-15(3,4)12-16-13(2)14-8-10-17-11-14/h8,10-11,13,16H,5-7,9,12H2,1-4H3. The zero-order valence-electron chi connectivity index (χ0n) is 11.8. The minimum absolute atomic E-state index is 0.374. The van der Waals surface area contributed by atoms with Crippen LogP contribution >= 0.6 is 0 Å². The molecule has 0 aliphatic carbocycles. The number of rotatable bonds is 8. The van der Waals surface area contributed by atoms with E-state index in [1.807, 2.05) is 12.3 Å².